The lowest BCUT2D eigenvalue weighted by Crippen LogP contribution is -2.16. The van der Waals surface area contributed by atoms with Gasteiger partial charge in [0.15, 0.2) is 0 Å². The molecule has 0 atom stereocenters. The van der Waals surface area contributed by atoms with Gasteiger partial charge in [0.2, 0.25) is 5.95 Å². The summed E-state index contributed by atoms with van der Waals surface area (Å²) >= 11 is 0. The van der Waals surface area contributed by atoms with Gasteiger partial charge in [0.25, 0.3) is 0 Å². The zero-order valence-electron chi connectivity index (χ0n) is 11.7. The fourth-order valence-corrected chi connectivity index (χ4v) is 2.77. The van der Waals surface area contributed by atoms with Crippen LogP contribution in [-0.4, -0.2) is 15.2 Å². The van der Waals surface area contributed by atoms with E-state index in [9.17, 15) is 0 Å². The fourth-order valence-electron chi connectivity index (χ4n) is 2.77. The molecule has 0 fully saturated rings. The lowest BCUT2D eigenvalue weighted by Gasteiger charge is -2.11. The van der Waals surface area contributed by atoms with Gasteiger partial charge in [-0.1, -0.05) is 54.6 Å². The van der Waals surface area contributed by atoms with Gasteiger partial charge in [-0.3, -0.25) is 5.10 Å². The van der Waals surface area contributed by atoms with Gasteiger partial charge in [-0.25, -0.2) is 0 Å². The number of nitrogens with one attached hydrogen (secondary N) is 1. The maximum atomic E-state index is 4.63. The molecule has 0 unspecified atom stereocenters. The second-order valence-electron chi connectivity index (χ2n) is 5.37. The smallest absolute Gasteiger partial charge is 0.245 e. The Morgan fingerprint density at radius 1 is 0.905 bits per heavy atom. The number of H-pyrrole nitrogens is 1. The van der Waals surface area contributed by atoms with E-state index in [1.165, 1.54) is 16.7 Å². The van der Waals surface area contributed by atoms with Crippen LogP contribution < -0.4 is 4.90 Å². The summed E-state index contributed by atoms with van der Waals surface area (Å²) in [5, 5.41) is 7.42. The molecule has 1 aromatic heterocycles. The van der Waals surface area contributed by atoms with Crippen molar-refractivity contribution < 1.29 is 0 Å². The summed E-state index contributed by atoms with van der Waals surface area (Å²) in [4.78, 5) is 6.83. The van der Waals surface area contributed by atoms with Crippen molar-refractivity contribution in [1.82, 2.24) is 15.2 Å². The molecule has 0 aliphatic carbocycles. The zero-order chi connectivity index (χ0) is 14.1. The number of anilines is 1. The van der Waals surface area contributed by atoms with E-state index in [1.54, 1.807) is 0 Å². The Labute approximate surface area is 123 Å². The number of aromatic nitrogens is 3. The van der Waals surface area contributed by atoms with Crippen molar-refractivity contribution in [2.75, 3.05) is 4.90 Å². The fraction of sp³-hybridized carbons (Fsp3) is 0.176. The molecular weight excluding hydrogens is 260 g/mol. The van der Waals surface area contributed by atoms with Crippen LogP contribution in [0, 0.1) is 0 Å². The molecule has 2 heterocycles. The average Bonchev–Trinajstić information content (AvgIpc) is 3.14. The van der Waals surface area contributed by atoms with Crippen molar-refractivity contribution in [3.8, 4) is 0 Å². The molecule has 1 N–H and O–H groups in total. The molecule has 4 rings (SSSR count). The Hall–Kier alpha value is -2.62. The molecule has 4 nitrogen and oxygen atoms in total. The van der Waals surface area contributed by atoms with Crippen LogP contribution in [0.25, 0.3) is 0 Å². The third kappa shape index (κ3) is 2.40. The summed E-state index contributed by atoms with van der Waals surface area (Å²) in [7, 11) is 0. The molecule has 1 aliphatic heterocycles. The lowest BCUT2D eigenvalue weighted by molar-refractivity contribution is 0.832. The first kappa shape index (κ1) is 12.1. The Bertz CT molecular complexity index is 723. The highest BCUT2D eigenvalue weighted by molar-refractivity contribution is 5.43. The first-order valence-electron chi connectivity index (χ1n) is 7.15. The molecule has 0 amide bonds. The van der Waals surface area contributed by atoms with E-state index < -0.39 is 0 Å². The van der Waals surface area contributed by atoms with E-state index in [2.05, 4.69) is 56.5 Å². The molecule has 0 saturated carbocycles. The standard InChI is InChI=1S/C17H16N4/c1-2-6-13(7-3-1)10-16-18-17(20-19-16)21-11-14-8-4-5-9-15(14)12-21/h1-9H,10-12H2,(H,18,19,20). The Balaban J connectivity index is 1.51. The van der Waals surface area contributed by atoms with E-state index in [-0.39, 0.29) is 0 Å². The Kier molecular flexibility index (Phi) is 2.92. The van der Waals surface area contributed by atoms with Gasteiger partial charge >= 0.3 is 0 Å². The number of aromatic amines is 1. The first-order valence-corrected chi connectivity index (χ1v) is 7.15. The quantitative estimate of drug-likeness (QED) is 0.800. The molecule has 104 valence electrons. The van der Waals surface area contributed by atoms with E-state index in [0.29, 0.717) is 0 Å². The highest BCUT2D eigenvalue weighted by Crippen LogP contribution is 2.25. The van der Waals surface area contributed by atoms with Gasteiger partial charge in [0.1, 0.15) is 5.82 Å². The maximum Gasteiger partial charge on any atom is 0.245 e. The van der Waals surface area contributed by atoms with Crippen LogP contribution in [0.3, 0.4) is 0 Å². The van der Waals surface area contributed by atoms with Gasteiger partial charge < -0.3 is 4.90 Å². The molecule has 2 aromatic carbocycles. The third-order valence-electron chi connectivity index (χ3n) is 3.86. The molecule has 1 aliphatic rings. The number of benzene rings is 2. The summed E-state index contributed by atoms with van der Waals surface area (Å²) in [5.74, 6) is 1.70. The second kappa shape index (κ2) is 5.05. The van der Waals surface area contributed by atoms with Crippen LogP contribution in [0.5, 0.6) is 0 Å². The van der Waals surface area contributed by atoms with E-state index in [4.69, 9.17) is 0 Å². The average molecular weight is 276 g/mol. The molecule has 0 bridgehead atoms. The zero-order valence-corrected chi connectivity index (χ0v) is 11.7. The molecule has 3 aromatic rings. The largest absolute Gasteiger partial charge is 0.331 e. The van der Waals surface area contributed by atoms with Crippen LogP contribution >= 0.6 is 0 Å². The van der Waals surface area contributed by atoms with Crippen LogP contribution in [0.1, 0.15) is 22.5 Å². The number of hydrogen-bond acceptors (Lipinski definition) is 3. The van der Waals surface area contributed by atoms with Crippen molar-refractivity contribution >= 4 is 5.95 Å². The topological polar surface area (TPSA) is 44.8 Å². The first-order chi connectivity index (χ1) is 10.4. The molecular formula is C17H16N4. The molecule has 0 spiro atoms. The predicted molar refractivity (Wildman–Crippen MR) is 82.0 cm³/mol. The maximum absolute atomic E-state index is 4.63. The normalized spacial score (nSPS) is 13.4. The van der Waals surface area contributed by atoms with Crippen LogP contribution in [0.15, 0.2) is 54.6 Å². The van der Waals surface area contributed by atoms with Crippen LogP contribution in [-0.2, 0) is 19.5 Å². The molecule has 4 heteroatoms. The second-order valence-corrected chi connectivity index (χ2v) is 5.37. The summed E-state index contributed by atoms with van der Waals surface area (Å²) in [5.41, 5.74) is 3.98. The van der Waals surface area contributed by atoms with E-state index in [0.717, 1.165) is 31.3 Å². The molecule has 0 saturated heterocycles. The van der Waals surface area contributed by atoms with Crippen molar-refractivity contribution in [3.63, 3.8) is 0 Å². The third-order valence-corrected chi connectivity index (χ3v) is 3.86. The summed E-state index contributed by atoms with van der Waals surface area (Å²) in [6.07, 6.45) is 0.786. The van der Waals surface area contributed by atoms with E-state index in [1.807, 2.05) is 18.2 Å². The Morgan fingerprint density at radius 2 is 1.57 bits per heavy atom. The highest BCUT2D eigenvalue weighted by atomic mass is 15.4. The van der Waals surface area contributed by atoms with Crippen LogP contribution in [0.4, 0.5) is 5.95 Å². The van der Waals surface area contributed by atoms with Gasteiger partial charge in [0.05, 0.1) is 0 Å². The predicted octanol–water partition coefficient (Wildman–Crippen LogP) is 2.92. The van der Waals surface area contributed by atoms with Gasteiger partial charge in [-0.2, -0.15) is 4.98 Å². The van der Waals surface area contributed by atoms with Crippen molar-refractivity contribution in [1.29, 1.82) is 0 Å². The van der Waals surface area contributed by atoms with Crippen LogP contribution in [0.2, 0.25) is 0 Å². The summed E-state index contributed by atoms with van der Waals surface area (Å²) in [6, 6.07) is 18.8. The van der Waals surface area contributed by atoms with Crippen molar-refractivity contribution in [3.05, 3.63) is 77.1 Å². The molecule has 0 radical (unpaired) electrons. The number of hydrogen-bond donors (Lipinski definition) is 1. The number of fused-ring (bicyclic) bond motifs is 1. The van der Waals surface area contributed by atoms with Gasteiger partial charge in [0, 0.05) is 19.5 Å². The summed E-state index contributed by atoms with van der Waals surface area (Å²) in [6.45, 7) is 1.78. The van der Waals surface area contributed by atoms with Gasteiger partial charge in [-0.05, 0) is 16.7 Å². The van der Waals surface area contributed by atoms with Gasteiger partial charge in [-0.15, -0.1) is 5.10 Å². The minimum atomic E-state index is 0.786. The monoisotopic (exact) mass is 276 g/mol. The molecule has 21 heavy (non-hydrogen) atoms. The number of rotatable bonds is 3. The lowest BCUT2D eigenvalue weighted by atomic mass is 10.1. The summed E-state index contributed by atoms with van der Waals surface area (Å²) < 4.78 is 0. The highest BCUT2D eigenvalue weighted by Gasteiger charge is 2.21. The minimum absolute atomic E-state index is 0.786. The Morgan fingerprint density at radius 3 is 2.29 bits per heavy atom. The minimum Gasteiger partial charge on any atom is -0.331 e. The van der Waals surface area contributed by atoms with Crippen molar-refractivity contribution in [2.45, 2.75) is 19.5 Å². The van der Waals surface area contributed by atoms with E-state index >= 15 is 0 Å². The van der Waals surface area contributed by atoms with Crippen molar-refractivity contribution in [2.24, 2.45) is 0 Å². The number of nitrogens with zero attached hydrogens (tertiary/aromatic N) is 3. The SMILES string of the molecule is c1ccc(Cc2nc(N3Cc4ccccc4C3)n[nH]2)cc1.